The second-order valence-electron chi connectivity index (χ2n) is 10.1. The average molecular weight is 605 g/mol. The molecule has 222 valence electrons. The van der Waals surface area contributed by atoms with Crippen molar-refractivity contribution in [2.45, 2.75) is 45.2 Å². The van der Waals surface area contributed by atoms with E-state index in [1.807, 2.05) is 24.3 Å². The Kier molecular flexibility index (Phi) is 11.8. The van der Waals surface area contributed by atoms with Gasteiger partial charge in [0.15, 0.2) is 0 Å². The second-order valence-corrected chi connectivity index (χ2v) is 11.9. The van der Waals surface area contributed by atoms with Gasteiger partial charge in [-0.3, -0.25) is 14.5 Å². The molecule has 8 nitrogen and oxygen atoms in total. The zero-order chi connectivity index (χ0) is 28.5. The third-order valence-corrected chi connectivity index (χ3v) is 7.34. The molecule has 0 radical (unpaired) electrons. The number of nitrogens with zero attached hydrogens (tertiary/aromatic N) is 2. The van der Waals surface area contributed by atoms with Gasteiger partial charge in [-0.1, -0.05) is 31.5 Å². The number of nitrogens with one attached hydrogen (secondary N) is 2. The molecule has 0 saturated carbocycles. The van der Waals surface area contributed by atoms with Crippen LogP contribution in [0.25, 0.3) is 0 Å². The number of hydrogen-bond acceptors (Lipinski definition) is 5. The van der Waals surface area contributed by atoms with Gasteiger partial charge in [0.25, 0.3) is 0 Å². The van der Waals surface area contributed by atoms with Crippen LogP contribution >= 0.6 is 12.4 Å². The predicted molar refractivity (Wildman–Crippen MR) is 164 cm³/mol. The number of piperidine rings is 1. The fourth-order valence-corrected chi connectivity index (χ4v) is 5.22. The lowest BCUT2D eigenvalue weighted by Gasteiger charge is -2.34. The molecule has 41 heavy (non-hydrogen) atoms. The number of rotatable bonds is 11. The van der Waals surface area contributed by atoms with Crippen molar-refractivity contribution in [3.05, 3.63) is 84.2 Å². The number of benzene rings is 3. The molecule has 1 heterocycles. The normalized spacial score (nSPS) is 14.1. The molecular weight excluding hydrogens is 567 g/mol. The zero-order valence-corrected chi connectivity index (χ0v) is 25.0. The molecule has 1 saturated heterocycles. The van der Waals surface area contributed by atoms with Crippen LogP contribution in [-0.4, -0.2) is 51.3 Å². The quantitative estimate of drug-likeness (QED) is 0.265. The maximum atomic E-state index is 13.8. The average Bonchev–Trinajstić information content (AvgIpc) is 2.91. The summed E-state index contributed by atoms with van der Waals surface area (Å²) in [5.41, 5.74) is 2.23. The summed E-state index contributed by atoms with van der Waals surface area (Å²) in [6.07, 6.45) is 4.60. The highest BCUT2D eigenvalue weighted by Crippen LogP contribution is 2.25. The van der Waals surface area contributed by atoms with Crippen LogP contribution in [-0.2, 0) is 16.6 Å². The Bertz CT molecular complexity index is 1370. The van der Waals surface area contributed by atoms with Gasteiger partial charge in [0, 0.05) is 43.6 Å². The molecule has 0 aromatic heterocycles. The molecule has 1 fully saturated rings. The third kappa shape index (κ3) is 10.2. The summed E-state index contributed by atoms with van der Waals surface area (Å²) >= 11 is 0. The van der Waals surface area contributed by atoms with E-state index in [0.717, 1.165) is 51.6 Å². The van der Waals surface area contributed by atoms with Crippen molar-refractivity contribution in [2.24, 2.45) is 0 Å². The Labute approximate surface area is 248 Å². The standard InChI is InChI=1S/C30H37FN4O4S.ClH/c1-3-4-18-35(27-7-5-6-24(31)21-27)30(36)32-25-16-19-34(20-17-25)22-23-8-12-28(13-9-23)39-29-14-10-26(11-15-29)33-40(2,37)38;/h5-15,21,25,33H,3-4,16-20,22H2,1-2H3,(H,32,36);1H. The first-order valence-corrected chi connectivity index (χ1v) is 15.5. The number of urea groups is 1. The fourth-order valence-electron chi connectivity index (χ4n) is 4.66. The number of sulfonamides is 1. The summed E-state index contributed by atoms with van der Waals surface area (Å²) in [7, 11) is -3.32. The van der Waals surface area contributed by atoms with E-state index in [4.69, 9.17) is 4.74 Å². The van der Waals surface area contributed by atoms with Crippen molar-refractivity contribution in [1.82, 2.24) is 10.2 Å². The van der Waals surface area contributed by atoms with Gasteiger partial charge in [0.1, 0.15) is 17.3 Å². The van der Waals surface area contributed by atoms with Gasteiger partial charge >= 0.3 is 6.03 Å². The second kappa shape index (κ2) is 15.0. The fraction of sp³-hybridized carbons (Fsp3) is 0.367. The minimum atomic E-state index is -3.32. The Balaban J connectivity index is 0.00000462. The molecule has 11 heteroatoms. The van der Waals surface area contributed by atoms with Gasteiger partial charge in [-0.05, 0) is 79.4 Å². The number of ether oxygens (including phenoxy) is 1. The minimum absolute atomic E-state index is 0. The number of hydrogen-bond donors (Lipinski definition) is 2. The summed E-state index contributed by atoms with van der Waals surface area (Å²) in [4.78, 5) is 17.1. The van der Waals surface area contributed by atoms with Crippen LogP contribution in [0.3, 0.4) is 0 Å². The van der Waals surface area contributed by atoms with E-state index < -0.39 is 10.0 Å². The molecule has 2 amide bonds. The summed E-state index contributed by atoms with van der Waals surface area (Å²) in [6, 6.07) is 20.7. The predicted octanol–water partition coefficient (Wildman–Crippen LogP) is 6.39. The smallest absolute Gasteiger partial charge is 0.322 e. The number of carbonyl (C=O) groups is 1. The van der Waals surface area contributed by atoms with Crippen LogP contribution in [0.5, 0.6) is 11.5 Å². The molecular formula is C30H38ClFN4O4S. The number of anilines is 2. The number of unbranched alkanes of at least 4 members (excludes halogenated alkanes) is 1. The lowest BCUT2D eigenvalue weighted by Crippen LogP contribution is -2.49. The highest BCUT2D eigenvalue weighted by molar-refractivity contribution is 7.92. The van der Waals surface area contributed by atoms with E-state index in [-0.39, 0.29) is 30.3 Å². The van der Waals surface area contributed by atoms with Crippen molar-refractivity contribution in [1.29, 1.82) is 0 Å². The molecule has 3 aromatic rings. The summed E-state index contributed by atoms with van der Waals surface area (Å²) in [5.74, 6) is 0.958. The maximum absolute atomic E-state index is 13.8. The first kappa shape index (κ1) is 32.2. The Morgan fingerprint density at radius 3 is 2.24 bits per heavy atom. The minimum Gasteiger partial charge on any atom is -0.457 e. The molecule has 4 rings (SSSR count). The molecule has 1 aliphatic heterocycles. The van der Waals surface area contributed by atoms with E-state index in [1.54, 1.807) is 41.3 Å². The molecule has 0 aliphatic carbocycles. The SMILES string of the molecule is CCCCN(C(=O)NC1CCN(Cc2ccc(Oc3ccc(NS(C)(=O)=O)cc3)cc2)CC1)c1cccc(F)c1.Cl. The lowest BCUT2D eigenvalue weighted by atomic mass is 10.0. The van der Waals surface area contributed by atoms with E-state index >= 15 is 0 Å². The van der Waals surface area contributed by atoms with Crippen LogP contribution in [0.1, 0.15) is 38.2 Å². The van der Waals surface area contributed by atoms with Crippen LogP contribution in [0.2, 0.25) is 0 Å². The van der Waals surface area contributed by atoms with Crippen LogP contribution in [0.4, 0.5) is 20.6 Å². The van der Waals surface area contributed by atoms with E-state index in [0.29, 0.717) is 29.4 Å². The van der Waals surface area contributed by atoms with Crippen LogP contribution < -0.4 is 19.7 Å². The maximum Gasteiger partial charge on any atom is 0.322 e. The van der Waals surface area contributed by atoms with Gasteiger partial charge in [0.2, 0.25) is 10.0 Å². The molecule has 1 aliphatic rings. The number of halogens is 2. The van der Waals surface area contributed by atoms with Crippen molar-refractivity contribution in [2.75, 3.05) is 35.5 Å². The first-order valence-electron chi connectivity index (χ1n) is 13.6. The van der Waals surface area contributed by atoms with Crippen molar-refractivity contribution < 1.29 is 22.3 Å². The Morgan fingerprint density at radius 2 is 1.66 bits per heavy atom. The number of carbonyl (C=O) groups excluding carboxylic acids is 1. The van der Waals surface area contributed by atoms with Crippen LogP contribution in [0, 0.1) is 5.82 Å². The topological polar surface area (TPSA) is 91.0 Å². The molecule has 2 N–H and O–H groups in total. The molecule has 3 aromatic carbocycles. The highest BCUT2D eigenvalue weighted by Gasteiger charge is 2.24. The number of amides is 2. The van der Waals surface area contributed by atoms with Crippen molar-refractivity contribution in [3.8, 4) is 11.5 Å². The Morgan fingerprint density at radius 1 is 1.02 bits per heavy atom. The summed E-state index contributed by atoms with van der Waals surface area (Å²) in [5, 5.41) is 3.16. The first-order chi connectivity index (χ1) is 19.2. The van der Waals surface area contributed by atoms with Crippen molar-refractivity contribution in [3.63, 3.8) is 0 Å². The van der Waals surface area contributed by atoms with Gasteiger partial charge in [-0.2, -0.15) is 0 Å². The molecule has 0 spiro atoms. The van der Waals surface area contributed by atoms with Gasteiger partial charge in [-0.25, -0.2) is 17.6 Å². The van der Waals surface area contributed by atoms with Crippen molar-refractivity contribution >= 4 is 39.8 Å². The van der Waals surface area contributed by atoms with E-state index in [2.05, 4.69) is 21.9 Å². The monoisotopic (exact) mass is 604 g/mol. The molecule has 0 unspecified atom stereocenters. The molecule has 0 atom stereocenters. The third-order valence-electron chi connectivity index (χ3n) is 6.74. The van der Waals surface area contributed by atoms with Crippen LogP contribution in [0.15, 0.2) is 72.8 Å². The van der Waals surface area contributed by atoms with Gasteiger partial charge in [-0.15, -0.1) is 12.4 Å². The Hall–Kier alpha value is -3.34. The zero-order valence-electron chi connectivity index (χ0n) is 23.4. The summed E-state index contributed by atoms with van der Waals surface area (Å²) in [6.45, 7) is 5.16. The molecule has 0 bridgehead atoms. The van der Waals surface area contributed by atoms with E-state index in [1.165, 1.54) is 17.7 Å². The summed E-state index contributed by atoms with van der Waals surface area (Å²) < 4.78 is 44.8. The van der Waals surface area contributed by atoms with Gasteiger partial charge in [0.05, 0.1) is 6.26 Å². The largest absolute Gasteiger partial charge is 0.457 e. The lowest BCUT2D eigenvalue weighted by molar-refractivity contribution is 0.188. The van der Waals surface area contributed by atoms with E-state index in [9.17, 15) is 17.6 Å². The highest BCUT2D eigenvalue weighted by atomic mass is 35.5. The number of likely N-dealkylation sites (tertiary alicyclic amines) is 1. The van der Waals surface area contributed by atoms with Gasteiger partial charge < -0.3 is 10.1 Å².